The minimum atomic E-state index is 0.214. The predicted octanol–water partition coefficient (Wildman–Crippen LogP) is 0.833. The number of hydrogen-bond acceptors (Lipinski definition) is 3. The summed E-state index contributed by atoms with van der Waals surface area (Å²) < 4.78 is 10.8. The van der Waals surface area contributed by atoms with Crippen molar-refractivity contribution in [3.63, 3.8) is 0 Å². The van der Waals surface area contributed by atoms with Gasteiger partial charge in [0, 0.05) is 18.7 Å². The molecule has 3 aliphatic rings. The van der Waals surface area contributed by atoms with Crippen LogP contribution < -0.4 is 14.4 Å². The van der Waals surface area contributed by atoms with E-state index in [1.807, 2.05) is 6.07 Å². The fourth-order valence-electron chi connectivity index (χ4n) is 4.06. The molecule has 124 valence electrons. The number of hydrogen-bond donors (Lipinski definition) is 1. The third kappa shape index (κ3) is 3.15. The summed E-state index contributed by atoms with van der Waals surface area (Å²) in [6, 6.07) is 6.20. The first-order valence-corrected chi connectivity index (χ1v) is 8.80. The van der Waals surface area contributed by atoms with E-state index in [9.17, 15) is 4.79 Å². The molecule has 2 saturated heterocycles. The van der Waals surface area contributed by atoms with Gasteiger partial charge in [-0.25, -0.2) is 0 Å². The van der Waals surface area contributed by atoms with E-state index in [0.29, 0.717) is 12.7 Å². The smallest absolute Gasteiger partial charge is 0.231 e. The number of carbonyl (C=O) groups excluding carboxylic acids is 1. The van der Waals surface area contributed by atoms with Gasteiger partial charge in [-0.3, -0.25) is 4.79 Å². The van der Waals surface area contributed by atoms with Gasteiger partial charge in [-0.1, -0.05) is 0 Å². The average molecular weight is 317 g/mol. The molecule has 1 aromatic carbocycles. The second-order valence-corrected chi connectivity index (χ2v) is 6.94. The molecule has 3 heterocycles. The summed E-state index contributed by atoms with van der Waals surface area (Å²) in [5.74, 6) is 2.30. The molecular weight excluding hydrogens is 292 g/mol. The van der Waals surface area contributed by atoms with Crippen molar-refractivity contribution in [2.24, 2.45) is 5.92 Å². The molecular formula is C18H25N2O3+. The maximum atomic E-state index is 12.6. The third-order valence-electron chi connectivity index (χ3n) is 5.28. The lowest BCUT2D eigenvalue weighted by Gasteiger charge is -2.31. The largest absolute Gasteiger partial charge is 0.454 e. The Kier molecular flexibility index (Phi) is 4.12. The number of amides is 1. The highest BCUT2D eigenvalue weighted by Crippen LogP contribution is 2.32. The molecule has 1 aromatic rings. The van der Waals surface area contributed by atoms with Crippen LogP contribution in [-0.2, 0) is 11.3 Å². The minimum Gasteiger partial charge on any atom is -0.454 e. The molecule has 1 N–H and O–H groups in total. The highest BCUT2D eigenvalue weighted by atomic mass is 16.7. The number of quaternary nitrogens is 1. The Bertz CT molecular complexity index is 584. The van der Waals surface area contributed by atoms with Crippen molar-refractivity contribution in [1.29, 1.82) is 0 Å². The van der Waals surface area contributed by atoms with Crippen LogP contribution in [0.3, 0.4) is 0 Å². The van der Waals surface area contributed by atoms with Crippen molar-refractivity contribution >= 4 is 5.91 Å². The molecule has 2 atom stereocenters. The first-order chi connectivity index (χ1) is 11.3. The number of nitrogens with zero attached hydrogens (tertiary/aromatic N) is 1. The van der Waals surface area contributed by atoms with E-state index in [1.165, 1.54) is 23.3 Å². The van der Waals surface area contributed by atoms with Crippen molar-refractivity contribution in [2.45, 2.75) is 32.2 Å². The Hall–Kier alpha value is -1.75. The zero-order chi connectivity index (χ0) is 15.6. The number of carbonyl (C=O) groups is 1. The van der Waals surface area contributed by atoms with Crippen LogP contribution in [0.25, 0.3) is 0 Å². The molecule has 0 spiro atoms. The van der Waals surface area contributed by atoms with Gasteiger partial charge >= 0.3 is 0 Å². The highest BCUT2D eigenvalue weighted by Gasteiger charge is 2.32. The van der Waals surface area contributed by atoms with E-state index in [-0.39, 0.29) is 5.92 Å². The van der Waals surface area contributed by atoms with E-state index in [2.05, 4.69) is 17.0 Å². The summed E-state index contributed by atoms with van der Waals surface area (Å²) in [7, 11) is 0. The minimum absolute atomic E-state index is 0.214. The monoisotopic (exact) mass is 317 g/mol. The van der Waals surface area contributed by atoms with E-state index in [0.717, 1.165) is 57.1 Å². The number of nitrogens with one attached hydrogen (secondary N) is 1. The molecule has 4 rings (SSSR count). The summed E-state index contributed by atoms with van der Waals surface area (Å²) in [4.78, 5) is 16.2. The van der Waals surface area contributed by atoms with Crippen LogP contribution >= 0.6 is 0 Å². The van der Waals surface area contributed by atoms with Gasteiger partial charge in [-0.2, -0.15) is 0 Å². The van der Waals surface area contributed by atoms with Crippen LogP contribution in [0, 0.1) is 5.92 Å². The maximum absolute atomic E-state index is 12.6. The lowest BCUT2D eigenvalue weighted by atomic mass is 9.96. The Labute approximate surface area is 137 Å². The molecule has 3 aliphatic heterocycles. The van der Waals surface area contributed by atoms with Gasteiger partial charge in [-0.05, 0) is 43.9 Å². The molecule has 23 heavy (non-hydrogen) atoms. The molecule has 1 unspecified atom stereocenters. The van der Waals surface area contributed by atoms with E-state index >= 15 is 0 Å². The molecule has 0 bridgehead atoms. The maximum Gasteiger partial charge on any atom is 0.231 e. The SMILES string of the molecule is O=C([C@@H]1CCC[NH+](Cc2ccc3c(c2)OCO3)C1)N1CCCC1. The predicted molar refractivity (Wildman–Crippen MR) is 85.5 cm³/mol. The van der Waals surface area contributed by atoms with Gasteiger partial charge in [0.05, 0.1) is 19.0 Å². The summed E-state index contributed by atoms with van der Waals surface area (Å²) in [6.07, 6.45) is 4.54. The fraction of sp³-hybridized carbons (Fsp3) is 0.611. The topological polar surface area (TPSA) is 43.2 Å². The first kappa shape index (κ1) is 14.8. The Morgan fingerprint density at radius 1 is 1.17 bits per heavy atom. The summed E-state index contributed by atoms with van der Waals surface area (Å²) in [5.41, 5.74) is 1.26. The number of benzene rings is 1. The lowest BCUT2D eigenvalue weighted by molar-refractivity contribution is -0.921. The second kappa shape index (κ2) is 6.40. The van der Waals surface area contributed by atoms with Crippen LogP contribution in [0.15, 0.2) is 18.2 Å². The number of piperidine rings is 1. The third-order valence-corrected chi connectivity index (χ3v) is 5.28. The molecule has 0 saturated carbocycles. The van der Waals surface area contributed by atoms with Gasteiger partial charge in [0.1, 0.15) is 6.54 Å². The van der Waals surface area contributed by atoms with Gasteiger partial charge in [0.2, 0.25) is 12.7 Å². The molecule has 5 heteroatoms. The van der Waals surface area contributed by atoms with Gasteiger partial charge in [0.25, 0.3) is 0 Å². The summed E-state index contributed by atoms with van der Waals surface area (Å²) >= 11 is 0. The van der Waals surface area contributed by atoms with E-state index < -0.39 is 0 Å². The summed E-state index contributed by atoms with van der Waals surface area (Å²) in [6.45, 7) is 5.32. The van der Waals surface area contributed by atoms with Crippen LogP contribution in [0.2, 0.25) is 0 Å². The second-order valence-electron chi connectivity index (χ2n) is 6.94. The zero-order valence-corrected chi connectivity index (χ0v) is 13.6. The lowest BCUT2D eigenvalue weighted by Crippen LogP contribution is -3.12. The zero-order valence-electron chi connectivity index (χ0n) is 13.6. The normalized spacial score (nSPS) is 26.5. The van der Waals surface area contributed by atoms with Crippen LogP contribution in [0.5, 0.6) is 11.5 Å². The van der Waals surface area contributed by atoms with Crippen molar-refractivity contribution in [3.05, 3.63) is 23.8 Å². The molecule has 5 nitrogen and oxygen atoms in total. The van der Waals surface area contributed by atoms with Crippen LogP contribution in [-0.4, -0.2) is 43.8 Å². The van der Waals surface area contributed by atoms with Crippen molar-refractivity contribution in [2.75, 3.05) is 33.0 Å². The van der Waals surface area contributed by atoms with Crippen molar-refractivity contribution < 1.29 is 19.2 Å². The van der Waals surface area contributed by atoms with Crippen molar-refractivity contribution in [1.82, 2.24) is 4.90 Å². The Morgan fingerprint density at radius 2 is 2.00 bits per heavy atom. The first-order valence-electron chi connectivity index (χ1n) is 8.80. The molecule has 2 fully saturated rings. The van der Waals surface area contributed by atoms with Crippen LogP contribution in [0.1, 0.15) is 31.2 Å². The highest BCUT2D eigenvalue weighted by molar-refractivity contribution is 5.79. The number of fused-ring (bicyclic) bond motifs is 1. The van der Waals surface area contributed by atoms with Gasteiger partial charge in [-0.15, -0.1) is 0 Å². The fourth-order valence-corrected chi connectivity index (χ4v) is 4.06. The molecule has 1 amide bonds. The van der Waals surface area contributed by atoms with Gasteiger partial charge < -0.3 is 19.3 Å². The van der Waals surface area contributed by atoms with E-state index in [1.54, 1.807) is 0 Å². The van der Waals surface area contributed by atoms with E-state index in [4.69, 9.17) is 9.47 Å². The number of likely N-dealkylation sites (tertiary alicyclic amines) is 2. The Morgan fingerprint density at radius 3 is 2.87 bits per heavy atom. The van der Waals surface area contributed by atoms with Crippen molar-refractivity contribution in [3.8, 4) is 11.5 Å². The quantitative estimate of drug-likeness (QED) is 0.898. The van der Waals surface area contributed by atoms with Crippen LogP contribution in [0.4, 0.5) is 0 Å². The average Bonchev–Trinajstić information content (AvgIpc) is 3.25. The number of rotatable bonds is 3. The molecule has 0 aliphatic carbocycles. The standard InChI is InChI=1S/C18H24N2O3/c21-18(20-8-1-2-9-20)15-4-3-7-19(12-15)11-14-5-6-16-17(10-14)23-13-22-16/h5-6,10,15H,1-4,7-9,11-13H2/p+1/t15-/m1/s1. The molecule has 0 radical (unpaired) electrons. The Balaban J connectivity index is 1.38. The molecule has 0 aromatic heterocycles. The summed E-state index contributed by atoms with van der Waals surface area (Å²) in [5, 5.41) is 0. The van der Waals surface area contributed by atoms with Gasteiger partial charge in [0.15, 0.2) is 11.5 Å². The number of ether oxygens (including phenoxy) is 2.